The maximum Gasteiger partial charge on any atom is 0.0648 e. The van der Waals surface area contributed by atoms with Crippen LogP contribution in [0.1, 0.15) is 42.8 Å². The summed E-state index contributed by atoms with van der Waals surface area (Å²) in [4.78, 5) is 0. The fraction of sp³-hybridized carbons (Fsp3) is 0.600. The van der Waals surface area contributed by atoms with E-state index in [-0.39, 0.29) is 6.04 Å². The molecule has 0 bridgehead atoms. The molecule has 1 aromatic heterocycles. The molecule has 0 amide bonds. The normalized spacial score (nSPS) is 12.9. The molecule has 0 aromatic carbocycles. The van der Waals surface area contributed by atoms with Gasteiger partial charge in [0.05, 0.1) is 11.4 Å². The number of hydrogen-bond donors (Lipinski definition) is 2. The SMILES string of the molecule is CCCC(NN)c1cc(C)nnc1C. The van der Waals surface area contributed by atoms with Crippen molar-refractivity contribution >= 4 is 0 Å². The van der Waals surface area contributed by atoms with E-state index in [1.54, 1.807) is 0 Å². The Kier molecular flexibility index (Phi) is 3.98. The summed E-state index contributed by atoms with van der Waals surface area (Å²) < 4.78 is 0. The van der Waals surface area contributed by atoms with Crippen molar-refractivity contribution in [2.75, 3.05) is 0 Å². The van der Waals surface area contributed by atoms with Crippen molar-refractivity contribution < 1.29 is 0 Å². The molecule has 1 aromatic rings. The second kappa shape index (κ2) is 5.02. The van der Waals surface area contributed by atoms with Gasteiger partial charge in [0.15, 0.2) is 0 Å². The number of nitrogens with two attached hydrogens (primary N) is 1. The Bertz CT molecular complexity index is 298. The molecule has 1 unspecified atom stereocenters. The van der Waals surface area contributed by atoms with Crippen molar-refractivity contribution in [2.24, 2.45) is 5.84 Å². The van der Waals surface area contributed by atoms with Crippen LogP contribution in [0.2, 0.25) is 0 Å². The first kappa shape index (κ1) is 11.1. The van der Waals surface area contributed by atoms with Gasteiger partial charge in [-0.05, 0) is 31.9 Å². The summed E-state index contributed by atoms with van der Waals surface area (Å²) >= 11 is 0. The number of nitrogens with zero attached hydrogens (tertiary/aromatic N) is 2. The summed E-state index contributed by atoms with van der Waals surface area (Å²) in [5, 5.41) is 8.08. The molecule has 0 aliphatic rings. The van der Waals surface area contributed by atoms with Crippen LogP contribution in [-0.4, -0.2) is 10.2 Å². The monoisotopic (exact) mass is 194 g/mol. The maximum atomic E-state index is 5.51. The van der Waals surface area contributed by atoms with Crippen LogP contribution >= 0.6 is 0 Å². The van der Waals surface area contributed by atoms with Gasteiger partial charge in [-0.3, -0.25) is 11.3 Å². The average Bonchev–Trinajstić information content (AvgIpc) is 2.18. The summed E-state index contributed by atoms with van der Waals surface area (Å²) in [5.41, 5.74) is 5.86. The van der Waals surface area contributed by atoms with Gasteiger partial charge in [-0.15, -0.1) is 0 Å². The van der Waals surface area contributed by atoms with Gasteiger partial charge in [0.2, 0.25) is 0 Å². The number of rotatable bonds is 4. The highest BCUT2D eigenvalue weighted by Crippen LogP contribution is 2.19. The molecule has 4 heteroatoms. The van der Waals surface area contributed by atoms with E-state index in [4.69, 9.17) is 5.84 Å². The zero-order valence-electron chi connectivity index (χ0n) is 9.04. The molecule has 0 aliphatic carbocycles. The summed E-state index contributed by atoms with van der Waals surface area (Å²) in [6, 6.07) is 2.23. The minimum atomic E-state index is 0.189. The molecule has 0 saturated heterocycles. The van der Waals surface area contributed by atoms with Crippen LogP contribution in [0, 0.1) is 13.8 Å². The highest BCUT2D eigenvalue weighted by molar-refractivity contribution is 5.23. The molecule has 0 spiro atoms. The summed E-state index contributed by atoms with van der Waals surface area (Å²) in [5.74, 6) is 5.51. The van der Waals surface area contributed by atoms with Gasteiger partial charge in [0, 0.05) is 6.04 Å². The Morgan fingerprint density at radius 3 is 2.71 bits per heavy atom. The Hall–Kier alpha value is -1.00. The molecule has 0 aliphatic heterocycles. The lowest BCUT2D eigenvalue weighted by atomic mass is 10.0. The predicted octanol–water partition coefficient (Wildman–Crippen LogP) is 1.40. The van der Waals surface area contributed by atoms with E-state index in [2.05, 4.69) is 22.5 Å². The lowest BCUT2D eigenvalue weighted by molar-refractivity contribution is 0.504. The second-order valence-electron chi connectivity index (χ2n) is 3.53. The number of hydrazine groups is 1. The van der Waals surface area contributed by atoms with E-state index in [0.29, 0.717) is 0 Å². The topological polar surface area (TPSA) is 63.8 Å². The number of nitrogens with one attached hydrogen (secondary N) is 1. The van der Waals surface area contributed by atoms with Gasteiger partial charge < -0.3 is 0 Å². The molecule has 4 nitrogen and oxygen atoms in total. The first-order valence-electron chi connectivity index (χ1n) is 4.96. The molecule has 0 radical (unpaired) electrons. The highest BCUT2D eigenvalue weighted by Gasteiger charge is 2.12. The zero-order chi connectivity index (χ0) is 10.6. The van der Waals surface area contributed by atoms with Gasteiger partial charge in [0.1, 0.15) is 0 Å². The minimum Gasteiger partial charge on any atom is -0.271 e. The molecule has 3 N–H and O–H groups in total. The molecule has 1 heterocycles. The Morgan fingerprint density at radius 1 is 1.43 bits per heavy atom. The molecule has 1 rings (SSSR count). The fourth-order valence-electron chi connectivity index (χ4n) is 1.54. The Balaban J connectivity index is 2.96. The first-order chi connectivity index (χ1) is 6.69. The van der Waals surface area contributed by atoms with Crippen LogP contribution in [0.15, 0.2) is 6.07 Å². The molecular formula is C10H18N4. The fourth-order valence-corrected chi connectivity index (χ4v) is 1.54. The second-order valence-corrected chi connectivity index (χ2v) is 3.53. The van der Waals surface area contributed by atoms with E-state index < -0.39 is 0 Å². The van der Waals surface area contributed by atoms with Gasteiger partial charge in [0.25, 0.3) is 0 Å². The van der Waals surface area contributed by atoms with Gasteiger partial charge in [-0.2, -0.15) is 10.2 Å². The molecule has 14 heavy (non-hydrogen) atoms. The van der Waals surface area contributed by atoms with E-state index in [0.717, 1.165) is 29.8 Å². The standard InChI is InChI=1S/C10H18N4/c1-4-5-10(12-11)9-6-7(2)13-14-8(9)3/h6,10,12H,4-5,11H2,1-3H3. The predicted molar refractivity (Wildman–Crippen MR) is 56.5 cm³/mol. The first-order valence-corrected chi connectivity index (χ1v) is 4.96. The maximum absolute atomic E-state index is 5.51. The van der Waals surface area contributed by atoms with Crippen molar-refractivity contribution in [2.45, 2.75) is 39.7 Å². The molecule has 0 fully saturated rings. The van der Waals surface area contributed by atoms with Gasteiger partial charge in [-0.25, -0.2) is 0 Å². The smallest absolute Gasteiger partial charge is 0.0648 e. The van der Waals surface area contributed by atoms with Crippen molar-refractivity contribution in [1.29, 1.82) is 0 Å². The number of aromatic nitrogens is 2. The molecule has 0 saturated carbocycles. The zero-order valence-corrected chi connectivity index (χ0v) is 9.04. The highest BCUT2D eigenvalue weighted by atomic mass is 15.2. The van der Waals surface area contributed by atoms with E-state index in [1.807, 2.05) is 19.9 Å². The Morgan fingerprint density at radius 2 is 2.14 bits per heavy atom. The molecule has 78 valence electrons. The summed E-state index contributed by atoms with van der Waals surface area (Å²) in [6.07, 6.45) is 2.11. The van der Waals surface area contributed by atoms with Crippen LogP contribution in [0.5, 0.6) is 0 Å². The molecular weight excluding hydrogens is 176 g/mol. The summed E-state index contributed by atoms with van der Waals surface area (Å²) in [7, 11) is 0. The van der Waals surface area contributed by atoms with Crippen LogP contribution in [0.25, 0.3) is 0 Å². The lowest BCUT2D eigenvalue weighted by Crippen LogP contribution is -2.28. The summed E-state index contributed by atoms with van der Waals surface area (Å²) in [6.45, 7) is 6.04. The Labute approximate surface area is 84.9 Å². The van der Waals surface area contributed by atoms with Crippen molar-refractivity contribution in [3.05, 3.63) is 23.0 Å². The van der Waals surface area contributed by atoms with Crippen LogP contribution in [0.4, 0.5) is 0 Å². The van der Waals surface area contributed by atoms with E-state index in [1.165, 1.54) is 0 Å². The van der Waals surface area contributed by atoms with Crippen LogP contribution in [0.3, 0.4) is 0 Å². The van der Waals surface area contributed by atoms with Crippen molar-refractivity contribution in [3.8, 4) is 0 Å². The largest absolute Gasteiger partial charge is 0.271 e. The third-order valence-corrected chi connectivity index (χ3v) is 2.29. The van der Waals surface area contributed by atoms with Crippen LogP contribution in [-0.2, 0) is 0 Å². The number of hydrogen-bond acceptors (Lipinski definition) is 4. The molecule has 1 atom stereocenters. The van der Waals surface area contributed by atoms with Crippen LogP contribution < -0.4 is 11.3 Å². The van der Waals surface area contributed by atoms with Crippen molar-refractivity contribution in [1.82, 2.24) is 15.6 Å². The quantitative estimate of drug-likeness (QED) is 0.561. The number of aryl methyl sites for hydroxylation is 2. The average molecular weight is 194 g/mol. The lowest BCUT2D eigenvalue weighted by Gasteiger charge is -2.16. The minimum absolute atomic E-state index is 0.189. The third-order valence-electron chi connectivity index (χ3n) is 2.29. The van der Waals surface area contributed by atoms with Crippen molar-refractivity contribution in [3.63, 3.8) is 0 Å². The third kappa shape index (κ3) is 2.49. The van der Waals surface area contributed by atoms with Gasteiger partial charge in [-0.1, -0.05) is 13.3 Å². The van der Waals surface area contributed by atoms with E-state index >= 15 is 0 Å². The van der Waals surface area contributed by atoms with Gasteiger partial charge >= 0.3 is 0 Å². The van der Waals surface area contributed by atoms with E-state index in [9.17, 15) is 0 Å².